The summed E-state index contributed by atoms with van der Waals surface area (Å²) < 4.78 is 0. The number of aryl methyl sites for hydroxylation is 1. The number of hydrogen-bond acceptors (Lipinski definition) is 2. The summed E-state index contributed by atoms with van der Waals surface area (Å²) in [5.41, 5.74) is 11.0. The maximum absolute atomic E-state index is 9.02. The van der Waals surface area contributed by atoms with Crippen LogP contribution in [-0.4, -0.2) is 11.4 Å². The highest BCUT2D eigenvalue weighted by Gasteiger charge is 2.31. The van der Waals surface area contributed by atoms with Crippen LogP contribution in [0, 0.1) is 17.7 Å². The van der Waals surface area contributed by atoms with E-state index in [0.717, 1.165) is 27.5 Å². The first-order valence-corrected chi connectivity index (χ1v) is 12.9. The Morgan fingerprint density at radius 2 is 1.11 bits per heavy atom. The molecule has 0 spiro atoms. The first-order valence-electron chi connectivity index (χ1n) is 12.9. The van der Waals surface area contributed by atoms with Crippen LogP contribution in [0.5, 0.6) is 0 Å². The van der Waals surface area contributed by atoms with E-state index in [1.165, 1.54) is 33.4 Å². The molecule has 0 bridgehead atoms. The lowest BCUT2D eigenvalue weighted by Crippen LogP contribution is -2.11. The highest BCUT2D eigenvalue weighted by Crippen LogP contribution is 2.45. The van der Waals surface area contributed by atoms with Crippen LogP contribution < -0.4 is 0 Å². The summed E-state index contributed by atoms with van der Waals surface area (Å²) in [4.78, 5) is 0. The maximum atomic E-state index is 9.02. The Labute approximate surface area is 218 Å². The number of rotatable bonds is 5. The molecule has 2 nitrogen and oxygen atoms in total. The molecule has 0 amide bonds. The van der Waals surface area contributed by atoms with Gasteiger partial charge in [-0.05, 0) is 45.7 Å². The van der Waals surface area contributed by atoms with Gasteiger partial charge in [0.15, 0.2) is 0 Å². The third-order valence-corrected chi connectivity index (χ3v) is 7.96. The van der Waals surface area contributed by atoms with Crippen LogP contribution in [0.2, 0.25) is 0 Å². The summed E-state index contributed by atoms with van der Waals surface area (Å²) in [5.74, 6) is 0.344. The van der Waals surface area contributed by atoms with Gasteiger partial charge < -0.3 is 0 Å². The molecule has 37 heavy (non-hydrogen) atoms. The molecular weight excluding hydrogens is 448 g/mol. The molecule has 1 aliphatic carbocycles. The minimum Gasteiger partial charge on any atom is -0.298 e. The molecule has 6 rings (SSSR count). The normalized spacial score (nSPS) is 14.2. The number of nitrogens with one attached hydrogen (secondary N) is 2. The van der Waals surface area contributed by atoms with Gasteiger partial charge in [0.2, 0.25) is 0 Å². The van der Waals surface area contributed by atoms with E-state index in [1.54, 1.807) is 0 Å². The van der Waals surface area contributed by atoms with Crippen molar-refractivity contribution in [3.63, 3.8) is 0 Å². The van der Waals surface area contributed by atoms with Crippen molar-refractivity contribution in [2.45, 2.75) is 32.6 Å². The van der Waals surface area contributed by atoms with Crippen LogP contribution in [0.3, 0.4) is 0 Å². The van der Waals surface area contributed by atoms with E-state index < -0.39 is 0 Å². The molecule has 2 N–H and O–H groups in total. The van der Waals surface area contributed by atoms with E-state index in [0.29, 0.717) is 11.4 Å². The van der Waals surface area contributed by atoms with E-state index in [9.17, 15) is 0 Å². The fraction of sp³-hybridized carbons (Fsp3) is 0.143. The predicted octanol–water partition coefficient (Wildman–Crippen LogP) is 8.87. The molecule has 0 radical (unpaired) electrons. The molecule has 0 saturated carbocycles. The summed E-state index contributed by atoms with van der Waals surface area (Å²) in [6.45, 7) is 6.74. The lowest BCUT2D eigenvalue weighted by Gasteiger charge is -2.26. The lowest BCUT2D eigenvalue weighted by molar-refractivity contribution is 0.887. The second kappa shape index (κ2) is 8.97. The van der Waals surface area contributed by atoms with Crippen molar-refractivity contribution in [2.24, 2.45) is 0 Å². The van der Waals surface area contributed by atoms with Crippen molar-refractivity contribution in [1.29, 1.82) is 10.8 Å². The Kier molecular flexibility index (Phi) is 5.61. The van der Waals surface area contributed by atoms with Gasteiger partial charge in [0, 0.05) is 28.3 Å². The van der Waals surface area contributed by atoms with Crippen LogP contribution in [0.4, 0.5) is 0 Å². The second-order valence-electron chi connectivity index (χ2n) is 10.2. The molecule has 2 heteroatoms. The van der Waals surface area contributed by atoms with E-state index in [1.807, 2.05) is 12.1 Å². The number of hydrogen-bond donors (Lipinski definition) is 2. The zero-order valence-electron chi connectivity index (χ0n) is 21.5. The van der Waals surface area contributed by atoms with Crippen molar-refractivity contribution >= 4 is 22.2 Å². The molecule has 0 saturated heterocycles. The Bertz CT molecular complexity index is 1610. The average molecular weight is 479 g/mol. The van der Waals surface area contributed by atoms with Crippen molar-refractivity contribution in [3.05, 3.63) is 142 Å². The Morgan fingerprint density at radius 3 is 1.68 bits per heavy atom. The van der Waals surface area contributed by atoms with Gasteiger partial charge in [-0.1, -0.05) is 123 Å². The summed E-state index contributed by atoms with van der Waals surface area (Å²) in [7, 11) is 0. The summed E-state index contributed by atoms with van der Waals surface area (Å²) in [6, 6.07) is 36.4. The van der Waals surface area contributed by atoms with Crippen LogP contribution in [0.25, 0.3) is 21.9 Å². The van der Waals surface area contributed by atoms with Crippen molar-refractivity contribution < 1.29 is 0 Å². The molecule has 0 fully saturated rings. The molecule has 1 aliphatic rings. The quantitative estimate of drug-likeness (QED) is 0.253. The smallest absolute Gasteiger partial charge is 0.0880 e. The third-order valence-electron chi connectivity index (χ3n) is 7.96. The van der Waals surface area contributed by atoms with Gasteiger partial charge in [0.05, 0.1) is 11.4 Å². The largest absolute Gasteiger partial charge is 0.298 e. The zero-order valence-corrected chi connectivity index (χ0v) is 21.5. The molecule has 0 aliphatic heterocycles. The molecule has 0 aromatic heterocycles. The van der Waals surface area contributed by atoms with Gasteiger partial charge in [-0.15, -0.1) is 0 Å². The first kappa shape index (κ1) is 23.1. The minimum absolute atomic E-state index is 0.172. The summed E-state index contributed by atoms with van der Waals surface area (Å²) in [6.07, 6.45) is 0. The lowest BCUT2D eigenvalue weighted by atomic mass is 9.77. The maximum Gasteiger partial charge on any atom is 0.0880 e. The molecule has 0 heterocycles. The minimum atomic E-state index is 0.172. The fourth-order valence-electron chi connectivity index (χ4n) is 5.99. The van der Waals surface area contributed by atoms with E-state index in [4.69, 9.17) is 10.8 Å². The van der Waals surface area contributed by atoms with Crippen molar-refractivity contribution in [3.8, 4) is 11.1 Å². The van der Waals surface area contributed by atoms with Gasteiger partial charge in [-0.3, -0.25) is 10.8 Å². The van der Waals surface area contributed by atoms with Crippen LogP contribution in [0.15, 0.2) is 103 Å². The van der Waals surface area contributed by atoms with Crippen LogP contribution in [0.1, 0.15) is 64.6 Å². The van der Waals surface area contributed by atoms with E-state index in [2.05, 4.69) is 112 Å². The van der Waals surface area contributed by atoms with Gasteiger partial charge >= 0.3 is 0 Å². The Morgan fingerprint density at radius 1 is 0.541 bits per heavy atom. The van der Waals surface area contributed by atoms with Crippen molar-refractivity contribution in [2.75, 3.05) is 0 Å². The SMILES string of the molecule is Cc1cc(C(C)c2ccccc2)c(-c2ccc3cccc4c3c2C(=N)C4=N)c(C(C)c2ccccc2)c1. The topological polar surface area (TPSA) is 47.7 Å². The Balaban J connectivity index is 1.70. The van der Waals surface area contributed by atoms with Crippen LogP contribution in [-0.2, 0) is 0 Å². The molecule has 2 unspecified atom stereocenters. The molecule has 2 atom stereocenters. The standard InChI is InChI=1S/C35H30N2/c1-21-19-29(22(2)24-11-6-4-7-12-24)32(30(20-21)23(3)25-13-8-5-9-14-25)27-18-17-26-15-10-16-28-31(26)33(27)35(37)34(28)36/h4-20,22-23,36-37H,1-3H3. The predicted molar refractivity (Wildman–Crippen MR) is 156 cm³/mol. The van der Waals surface area contributed by atoms with Gasteiger partial charge in [-0.2, -0.15) is 0 Å². The van der Waals surface area contributed by atoms with Gasteiger partial charge in [-0.25, -0.2) is 0 Å². The number of benzene rings is 5. The summed E-state index contributed by atoms with van der Waals surface area (Å²) >= 11 is 0. The van der Waals surface area contributed by atoms with Crippen LogP contribution >= 0.6 is 0 Å². The van der Waals surface area contributed by atoms with Gasteiger partial charge in [0.1, 0.15) is 0 Å². The third kappa shape index (κ3) is 3.72. The monoisotopic (exact) mass is 478 g/mol. The summed E-state index contributed by atoms with van der Waals surface area (Å²) in [5, 5.41) is 19.9. The Hall–Kier alpha value is -4.30. The molecule has 180 valence electrons. The highest BCUT2D eigenvalue weighted by molar-refractivity contribution is 6.60. The first-order chi connectivity index (χ1) is 18.0. The second-order valence-corrected chi connectivity index (χ2v) is 10.2. The van der Waals surface area contributed by atoms with E-state index >= 15 is 0 Å². The zero-order chi connectivity index (χ0) is 25.7. The fourth-order valence-corrected chi connectivity index (χ4v) is 5.99. The van der Waals surface area contributed by atoms with Crippen molar-refractivity contribution in [1.82, 2.24) is 0 Å². The molecular formula is C35H30N2. The van der Waals surface area contributed by atoms with E-state index in [-0.39, 0.29) is 11.8 Å². The molecule has 5 aromatic rings. The molecule has 5 aromatic carbocycles. The highest BCUT2D eigenvalue weighted by atomic mass is 14.6. The average Bonchev–Trinajstić information content (AvgIpc) is 3.20. The van der Waals surface area contributed by atoms with Gasteiger partial charge in [0.25, 0.3) is 0 Å².